The van der Waals surface area contributed by atoms with E-state index in [1.807, 2.05) is 0 Å². The van der Waals surface area contributed by atoms with Crippen molar-refractivity contribution in [2.45, 2.75) is 18.9 Å². The molecule has 1 aromatic carbocycles. The molecule has 9 heteroatoms. The number of urea groups is 1. The first-order valence-corrected chi connectivity index (χ1v) is 7.00. The van der Waals surface area contributed by atoms with Crippen molar-refractivity contribution >= 4 is 51.1 Å². The predicted molar refractivity (Wildman–Crippen MR) is 81.2 cm³/mol. The second-order valence-corrected chi connectivity index (χ2v) is 5.41. The highest BCUT2D eigenvalue weighted by molar-refractivity contribution is 9.10. The van der Waals surface area contributed by atoms with E-state index in [9.17, 15) is 14.4 Å². The van der Waals surface area contributed by atoms with Gasteiger partial charge in [-0.05, 0) is 40.5 Å². The third kappa shape index (κ3) is 6.01. The Bertz CT molecular complexity index is 567. The van der Waals surface area contributed by atoms with E-state index in [2.05, 4.69) is 26.6 Å². The number of hydrogen-bond donors (Lipinski definition) is 4. The summed E-state index contributed by atoms with van der Waals surface area (Å²) in [5.41, 5.74) is 5.38. The summed E-state index contributed by atoms with van der Waals surface area (Å²) in [7, 11) is 0. The molecule has 7 nitrogen and oxygen atoms in total. The van der Waals surface area contributed by atoms with Gasteiger partial charge in [-0.2, -0.15) is 0 Å². The zero-order chi connectivity index (χ0) is 16.0. The summed E-state index contributed by atoms with van der Waals surface area (Å²) in [5, 5.41) is 14.2. The fourth-order valence-electron chi connectivity index (χ4n) is 1.45. The number of carboxylic acids is 1. The van der Waals surface area contributed by atoms with Crippen LogP contribution in [0.25, 0.3) is 0 Å². The number of anilines is 1. The molecular weight excluding hydrogens is 366 g/mol. The van der Waals surface area contributed by atoms with Gasteiger partial charge in [-0.3, -0.25) is 4.79 Å². The van der Waals surface area contributed by atoms with Crippen LogP contribution in [0.4, 0.5) is 10.5 Å². The second kappa shape index (κ2) is 7.84. The lowest BCUT2D eigenvalue weighted by molar-refractivity contribution is -0.139. The third-order valence-electron chi connectivity index (χ3n) is 2.46. The minimum atomic E-state index is -1.25. The fourth-order valence-corrected chi connectivity index (χ4v) is 2.23. The maximum atomic E-state index is 11.8. The molecule has 0 saturated heterocycles. The summed E-state index contributed by atoms with van der Waals surface area (Å²) in [4.78, 5) is 33.4. The summed E-state index contributed by atoms with van der Waals surface area (Å²) < 4.78 is 0.550. The van der Waals surface area contributed by atoms with Gasteiger partial charge < -0.3 is 21.5 Å². The number of nitrogens with one attached hydrogen (secondary N) is 2. The van der Waals surface area contributed by atoms with Gasteiger partial charge in [-0.1, -0.05) is 11.6 Å². The first kappa shape index (κ1) is 17.3. The average molecular weight is 379 g/mol. The van der Waals surface area contributed by atoms with Crippen LogP contribution in [0.1, 0.15) is 12.8 Å². The van der Waals surface area contributed by atoms with Crippen LogP contribution >= 0.6 is 27.5 Å². The van der Waals surface area contributed by atoms with Crippen LogP contribution < -0.4 is 16.4 Å². The van der Waals surface area contributed by atoms with E-state index in [0.29, 0.717) is 15.2 Å². The molecule has 0 saturated carbocycles. The number of carbonyl (C=O) groups is 3. The van der Waals surface area contributed by atoms with Gasteiger partial charge in [-0.15, -0.1) is 0 Å². The van der Waals surface area contributed by atoms with Crippen LogP contribution in [-0.4, -0.2) is 29.1 Å². The number of benzene rings is 1. The zero-order valence-corrected chi connectivity index (χ0v) is 13.1. The monoisotopic (exact) mass is 377 g/mol. The van der Waals surface area contributed by atoms with Crippen LogP contribution in [-0.2, 0) is 9.59 Å². The molecule has 0 aliphatic heterocycles. The number of nitrogens with two attached hydrogens (primary N) is 1. The van der Waals surface area contributed by atoms with E-state index >= 15 is 0 Å². The van der Waals surface area contributed by atoms with Crippen molar-refractivity contribution in [2.24, 2.45) is 5.73 Å². The Balaban J connectivity index is 2.65. The first-order valence-electron chi connectivity index (χ1n) is 5.83. The van der Waals surface area contributed by atoms with E-state index in [1.54, 1.807) is 18.2 Å². The van der Waals surface area contributed by atoms with Crippen molar-refractivity contribution in [1.29, 1.82) is 0 Å². The molecule has 1 aromatic rings. The molecule has 1 unspecified atom stereocenters. The SMILES string of the molecule is NC(=O)CCC(NC(=O)Nc1ccc(Cl)cc1Br)C(=O)O. The molecule has 0 fully saturated rings. The third-order valence-corrected chi connectivity index (χ3v) is 3.35. The Morgan fingerprint density at radius 1 is 1.38 bits per heavy atom. The highest BCUT2D eigenvalue weighted by Crippen LogP contribution is 2.25. The van der Waals surface area contributed by atoms with Crippen LogP contribution in [0.2, 0.25) is 5.02 Å². The highest BCUT2D eigenvalue weighted by Gasteiger charge is 2.20. The Kier molecular flexibility index (Phi) is 6.44. The summed E-state index contributed by atoms with van der Waals surface area (Å²) >= 11 is 8.99. The minimum Gasteiger partial charge on any atom is -0.480 e. The summed E-state index contributed by atoms with van der Waals surface area (Å²) in [6.07, 6.45) is -0.220. The molecule has 3 amide bonds. The van der Waals surface area contributed by atoms with Crippen molar-refractivity contribution in [3.05, 3.63) is 27.7 Å². The maximum absolute atomic E-state index is 11.8. The molecule has 0 aliphatic carbocycles. The molecule has 0 radical (unpaired) electrons. The highest BCUT2D eigenvalue weighted by atomic mass is 79.9. The minimum absolute atomic E-state index is 0.0835. The second-order valence-electron chi connectivity index (χ2n) is 4.12. The summed E-state index contributed by atoms with van der Waals surface area (Å²) in [5.74, 6) is -1.88. The van der Waals surface area contributed by atoms with Gasteiger partial charge in [0.1, 0.15) is 6.04 Å². The summed E-state index contributed by atoms with van der Waals surface area (Å²) in [6.45, 7) is 0. The Morgan fingerprint density at radius 2 is 2.05 bits per heavy atom. The maximum Gasteiger partial charge on any atom is 0.326 e. The van der Waals surface area contributed by atoms with E-state index in [1.165, 1.54) is 0 Å². The van der Waals surface area contributed by atoms with Crippen molar-refractivity contribution in [2.75, 3.05) is 5.32 Å². The average Bonchev–Trinajstić information content (AvgIpc) is 2.37. The van der Waals surface area contributed by atoms with Crippen molar-refractivity contribution in [3.8, 4) is 0 Å². The molecule has 0 spiro atoms. The van der Waals surface area contributed by atoms with Gasteiger partial charge in [0.25, 0.3) is 0 Å². The molecule has 1 rings (SSSR count). The number of carbonyl (C=O) groups excluding carboxylic acids is 2. The van der Waals surface area contributed by atoms with Crippen LogP contribution in [0.5, 0.6) is 0 Å². The number of amides is 3. The lowest BCUT2D eigenvalue weighted by atomic mass is 10.1. The van der Waals surface area contributed by atoms with Crippen LogP contribution in [0.15, 0.2) is 22.7 Å². The zero-order valence-electron chi connectivity index (χ0n) is 10.7. The van der Waals surface area contributed by atoms with Crippen LogP contribution in [0, 0.1) is 0 Å². The largest absolute Gasteiger partial charge is 0.480 e. The van der Waals surface area contributed by atoms with Gasteiger partial charge in [0.15, 0.2) is 0 Å². The fraction of sp³-hybridized carbons (Fsp3) is 0.250. The van der Waals surface area contributed by atoms with Crippen molar-refractivity contribution < 1.29 is 19.5 Å². The van der Waals surface area contributed by atoms with Crippen molar-refractivity contribution in [1.82, 2.24) is 5.32 Å². The smallest absolute Gasteiger partial charge is 0.326 e. The lowest BCUT2D eigenvalue weighted by Crippen LogP contribution is -2.43. The standard InChI is InChI=1S/C12H13BrClN3O4/c13-7-5-6(14)1-2-8(7)16-12(21)17-9(11(19)20)3-4-10(15)18/h1-2,5,9H,3-4H2,(H2,15,18)(H,19,20)(H2,16,17,21). The predicted octanol–water partition coefficient (Wildman–Crippen LogP) is 1.94. The van der Waals surface area contributed by atoms with E-state index in [-0.39, 0.29) is 12.8 Å². The number of carboxylic acid groups (broad SMARTS) is 1. The molecule has 0 aliphatic rings. The molecule has 0 bridgehead atoms. The molecule has 0 aromatic heterocycles. The van der Waals surface area contributed by atoms with E-state index in [0.717, 1.165) is 0 Å². The quantitative estimate of drug-likeness (QED) is 0.604. The topological polar surface area (TPSA) is 122 Å². The molecule has 21 heavy (non-hydrogen) atoms. The van der Waals surface area contributed by atoms with E-state index < -0.39 is 23.9 Å². The van der Waals surface area contributed by atoms with Crippen molar-refractivity contribution in [3.63, 3.8) is 0 Å². The number of rotatable bonds is 6. The molecule has 114 valence electrons. The lowest BCUT2D eigenvalue weighted by Gasteiger charge is -2.15. The van der Waals surface area contributed by atoms with Gasteiger partial charge in [-0.25, -0.2) is 9.59 Å². The van der Waals surface area contributed by atoms with Gasteiger partial charge >= 0.3 is 12.0 Å². The van der Waals surface area contributed by atoms with Crippen LogP contribution in [0.3, 0.4) is 0 Å². The van der Waals surface area contributed by atoms with Gasteiger partial charge in [0.2, 0.25) is 5.91 Å². The number of primary amides is 1. The Hall–Kier alpha value is -1.80. The normalized spacial score (nSPS) is 11.5. The number of aliphatic carboxylic acids is 1. The first-order chi connectivity index (χ1) is 9.79. The van der Waals surface area contributed by atoms with E-state index in [4.69, 9.17) is 22.4 Å². The molecule has 1 atom stereocenters. The molecule has 0 heterocycles. The number of hydrogen-bond acceptors (Lipinski definition) is 3. The Labute approximate surface area is 134 Å². The molecular formula is C12H13BrClN3O4. The molecule has 5 N–H and O–H groups in total. The van der Waals surface area contributed by atoms with Gasteiger partial charge in [0.05, 0.1) is 5.69 Å². The Morgan fingerprint density at radius 3 is 2.57 bits per heavy atom. The summed E-state index contributed by atoms with van der Waals surface area (Å²) in [6, 6.07) is 2.80. The number of halogens is 2. The van der Waals surface area contributed by atoms with Gasteiger partial charge in [0, 0.05) is 15.9 Å².